The first-order valence-electron chi connectivity index (χ1n) is 8.07. The number of nitrogens with zero attached hydrogens (tertiary/aromatic N) is 4. The molecule has 1 unspecified atom stereocenters. The van der Waals surface area contributed by atoms with Crippen molar-refractivity contribution < 1.29 is 9.47 Å². The molecule has 6 nitrogen and oxygen atoms in total. The molecule has 1 aromatic heterocycles. The number of rotatable bonds is 3. The molecular weight excluding hydrogens is 328 g/mol. The Morgan fingerprint density at radius 3 is 2.67 bits per heavy atom. The molecule has 1 fully saturated rings. The number of ether oxygens (including phenoxy) is 2. The van der Waals surface area contributed by atoms with E-state index in [4.69, 9.17) is 21.1 Å². The van der Waals surface area contributed by atoms with Gasteiger partial charge in [0.2, 0.25) is 6.79 Å². The van der Waals surface area contributed by atoms with Crippen LogP contribution in [0.4, 0.5) is 5.82 Å². The van der Waals surface area contributed by atoms with Crippen molar-refractivity contribution in [2.75, 3.05) is 37.9 Å². The van der Waals surface area contributed by atoms with Gasteiger partial charge in [-0.2, -0.15) is 0 Å². The van der Waals surface area contributed by atoms with E-state index in [0.717, 1.165) is 43.5 Å². The molecule has 1 atom stereocenters. The second-order valence-electron chi connectivity index (χ2n) is 6.01. The van der Waals surface area contributed by atoms with Crippen molar-refractivity contribution in [1.82, 2.24) is 14.9 Å². The molecular formula is C17H19ClN4O2. The molecule has 2 aliphatic rings. The normalized spacial score (nSPS) is 18.7. The number of hydrogen-bond acceptors (Lipinski definition) is 6. The molecule has 126 valence electrons. The molecule has 3 heterocycles. The maximum Gasteiger partial charge on any atom is 0.231 e. The van der Waals surface area contributed by atoms with Gasteiger partial charge in [-0.25, -0.2) is 4.98 Å². The van der Waals surface area contributed by atoms with E-state index in [2.05, 4.69) is 38.8 Å². The minimum Gasteiger partial charge on any atom is -0.454 e. The van der Waals surface area contributed by atoms with Crippen LogP contribution in [0.5, 0.6) is 11.5 Å². The Labute approximate surface area is 146 Å². The molecule has 4 rings (SSSR count). The third-order valence-corrected chi connectivity index (χ3v) is 4.84. The highest BCUT2D eigenvalue weighted by atomic mass is 35.5. The van der Waals surface area contributed by atoms with Crippen LogP contribution in [0.2, 0.25) is 5.15 Å². The maximum absolute atomic E-state index is 5.94. The summed E-state index contributed by atoms with van der Waals surface area (Å²) in [5.41, 5.74) is 1.25. The van der Waals surface area contributed by atoms with Crippen LogP contribution in [-0.4, -0.2) is 47.8 Å². The number of anilines is 1. The van der Waals surface area contributed by atoms with Crippen molar-refractivity contribution in [3.63, 3.8) is 0 Å². The standard InChI is InChI=1S/C17H19ClN4O2/c1-12(13-2-3-14-15(8-13)24-11-23-14)21-4-6-22(7-5-21)17-10-19-9-16(18)20-17/h2-3,8-10,12H,4-7,11H2,1H3. The van der Waals surface area contributed by atoms with Gasteiger partial charge in [-0.15, -0.1) is 0 Å². The summed E-state index contributed by atoms with van der Waals surface area (Å²) < 4.78 is 10.9. The van der Waals surface area contributed by atoms with Gasteiger partial charge in [-0.3, -0.25) is 9.88 Å². The Morgan fingerprint density at radius 2 is 1.88 bits per heavy atom. The van der Waals surface area contributed by atoms with Crippen LogP contribution in [0.15, 0.2) is 30.6 Å². The van der Waals surface area contributed by atoms with Gasteiger partial charge in [0.1, 0.15) is 11.0 Å². The Balaban J connectivity index is 1.42. The predicted octanol–water partition coefficient (Wildman–Crippen LogP) is 2.74. The highest BCUT2D eigenvalue weighted by Crippen LogP contribution is 2.35. The lowest BCUT2D eigenvalue weighted by Crippen LogP contribution is -2.47. The van der Waals surface area contributed by atoms with E-state index in [9.17, 15) is 0 Å². The fourth-order valence-electron chi connectivity index (χ4n) is 3.21. The minimum atomic E-state index is 0.312. The Bertz CT molecular complexity index is 734. The highest BCUT2D eigenvalue weighted by molar-refractivity contribution is 6.29. The number of hydrogen-bond donors (Lipinski definition) is 0. The van der Waals surface area contributed by atoms with Gasteiger partial charge < -0.3 is 14.4 Å². The van der Waals surface area contributed by atoms with Crippen LogP contribution in [0.1, 0.15) is 18.5 Å². The van der Waals surface area contributed by atoms with Crippen LogP contribution in [0, 0.1) is 0 Å². The molecule has 0 bridgehead atoms. The molecule has 0 radical (unpaired) electrons. The smallest absolute Gasteiger partial charge is 0.231 e. The quantitative estimate of drug-likeness (QED) is 0.851. The number of aromatic nitrogens is 2. The summed E-state index contributed by atoms with van der Waals surface area (Å²) >= 11 is 5.94. The summed E-state index contributed by atoms with van der Waals surface area (Å²) in [6, 6.07) is 6.52. The number of halogens is 1. The van der Waals surface area contributed by atoms with Crippen molar-refractivity contribution in [3.05, 3.63) is 41.3 Å². The topological polar surface area (TPSA) is 50.7 Å². The third kappa shape index (κ3) is 2.99. The molecule has 0 saturated carbocycles. The molecule has 1 saturated heterocycles. The molecule has 7 heteroatoms. The second-order valence-corrected chi connectivity index (χ2v) is 6.40. The van der Waals surface area contributed by atoms with E-state index < -0.39 is 0 Å². The number of fused-ring (bicyclic) bond motifs is 1. The van der Waals surface area contributed by atoms with Crippen molar-refractivity contribution in [1.29, 1.82) is 0 Å². The van der Waals surface area contributed by atoms with Crippen molar-refractivity contribution in [2.45, 2.75) is 13.0 Å². The Kier molecular flexibility index (Phi) is 4.16. The summed E-state index contributed by atoms with van der Waals surface area (Å²) in [6.07, 6.45) is 3.33. The van der Waals surface area contributed by atoms with Crippen LogP contribution in [0.25, 0.3) is 0 Å². The van der Waals surface area contributed by atoms with Crippen LogP contribution >= 0.6 is 11.6 Å². The van der Waals surface area contributed by atoms with Gasteiger partial charge in [0.05, 0.1) is 12.4 Å². The molecule has 2 aliphatic heterocycles. The van der Waals surface area contributed by atoms with Crippen molar-refractivity contribution >= 4 is 17.4 Å². The van der Waals surface area contributed by atoms with Crippen LogP contribution < -0.4 is 14.4 Å². The summed E-state index contributed by atoms with van der Waals surface area (Å²) in [5, 5.41) is 0.434. The zero-order valence-electron chi connectivity index (χ0n) is 13.5. The fourth-order valence-corrected chi connectivity index (χ4v) is 3.35. The van der Waals surface area contributed by atoms with Gasteiger partial charge in [-0.1, -0.05) is 17.7 Å². The van der Waals surface area contributed by atoms with Gasteiger partial charge in [0, 0.05) is 32.2 Å². The zero-order chi connectivity index (χ0) is 16.5. The van der Waals surface area contributed by atoms with E-state index >= 15 is 0 Å². The molecule has 1 aromatic carbocycles. The average molecular weight is 347 g/mol. The van der Waals surface area contributed by atoms with Crippen LogP contribution in [-0.2, 0) is 0 Å². The Hall–Kier alpha value is -2.05. The summed E-state index contributed by atoms with van der Waals surface area (Å²) in [5.74, 6) is 2.51. The highest BCUT2D eigenvalue weighted by Gasteiger charge is 2.24. The zero-order valence-corrected chi connectivity index (χ0v) is 14.2. The lowest BCUT2D eigenvalue weighted by atomic mass is 10.1. The van der Waals surface area contributed by atoms with Gasteiger partial charge >= 0.3 is 0 Å². The van der Waals surface area contributed by atoms with Crippen molar-refractivity contribution in [2.24, 2.45) is 0 Å². The first-order chi connectivity index (χ1) is 11.7. The number of benzene rings is 1. The average Bonchev–Trinajstić information content (AvgIpc) is 3.09. The predicted molar refractivity (Wildman–Crippen MR) is 91.8 cm³/mol. The largest absolute Gasteiger partial charge is 0.454 e. The van der Waals surface area contributed by atoms with E-state index in [1.807, 2.05) is 6.07 Å². The first-order valence-corrected chi connectivity index (χ1v) is 8.44. The summed E-state index contributed by atoms with van der Waals surface area (Å²) in [7, 11) is 0. The lowest BCUT2D eigenvalue weighted by molar-refractivity contribution is 0.173. The molecule has 0 spiro atoms. The van der Waals surface area contributed by atoms with Gasteiger partial charge in [-0.05, 0) is 24.6 Å². The SMILES string of the molecule is CC(c1ccc2c(c1)OCO2)N1CCN(c2cncc(Cl)n2)CC1. The van der Waals surface area contributed by atoms with Gasteiger partial charge in [0.25, 0.3) is 0 Å². The third-order valence-electron chi connectivity index (χ3n) is 4.66. The molecule has 0 N–H and O–H groups in total. The summed E-state index contributed by atoms with van der Waals surface area (Å²) in [6.45, 7) is 6.28. The molecule has 2 aromatic rings. The van der Waals surface area contributed by atoms with E-state index in [0.29, 0.717) is 18.0 Å². The monoisotopic (exact) mass is 346 g/mol. The minimum absolute atomic E-state index is 0.312. The first kappa shape index (κ1) is 15.5. The van der Waals surface area contributed by atoms with E-state index in [-0.39, 0.29) is 0 Å². The molecule has 24 heavy (non-hydrogen) atoms. The number of piperazine rings is 1. The lowest BCUT2D eigenvalue weighted by Gasteiger charge is -2.38. The van der Waals surface area contributed by atoms with Crippen molar-refractivity contribution in [3.8, 4) is 11.5 Å². The molecule has 0 aliphatic carbocycles. The second kappa shape index (κ2) is 6.45. The maximum atomic E-state index is 5.94. The van der Waals surface area contributed by atoms with Gasteiger partial charge in [0.15, 0.2) is 11.5 Å². The summed E-state index contributed by atoms with van der Waals surface area (Å²) in [4.78, 5) is 13.2. The van der Waals surface area contributed by atoms with Crippen LogP contribution in [0.3, 0.4) is 0 Å². The Morgan fingerprint density at radius 1 is 1.08 bits per heavy atom. The van der Waals surface area contributed by atoms with E-state index in [1.165, 1.54) is 5.56 Å². The van der Waals surface area contributed by atoms with E-state index in [1.54, 1.807) is 12.4 Å². The molecule has 0 amide bonds. The fraction of sp³-hybridized carbons (Fsp3) is 0.412.